The van der Waals surface area contributed by atoms with Crippen LogP contribution in [0.1, 0.15) is 20.8 Å². The average molecular weight is 288 g/mol. The van der Waals surface area contributed by atoms with E-state index >= 15 is 0 Å². The van der Waals surface area contributed by atoms with Crippen LogP contribution < -0.4 is 10.1 Å². The van der Waals surface area contributed by atoms with Crippen molar-refractivity contribution in [3.05, 3.63) is 36.5 Å². The minimum atomic E-state index is -1.15. The fourth-order valence-corrected chi connectivity index (χ4v) is 2.22. The molecule has 5 heteroatoms. The largest absolute Gasteiger partial charge is 0.489 e. The molecule has 0 aliphatic rings. The van der Waals surface area contributed by atoms with Crippen LogP contribution in [-0.2, 0) is 4.79 Å². The lowest BCUT2D eigenvalue weighted by Gasteiger charge is -2.28. The molecule has 0 saturated carbocycles. The van der Waals surface area contributed by atoms with Crippen molar-refractivity contribution in [3.8, 4) is 5.75 Å². The van der Waals surface area contributed by atoms with E-state index in [1.807, 2.05) is 38.1 Å². The van der Waals surface area contributed by atoms with Gasteiger partial charge in [0.1, 0.15) is 23.4 Å². The Hall–Kier alpha value is -2.14. The van der Waals surface area contributed by atoms with Crippen LogP contribution in [0.5, 0.6) is 5.75 Å². The number of hydrogen-bond donors (Lipinski definition) is 2. The molecular formula is C16H20N2O3. The summed E-state index contributed by atoms with van der Waals surface area (Å²) in [6.45, 7) is 5.45. The van der Waals surface area contributed by atoms with Gasteiger partial charge in [0.2, 0.25) is 0 Å². The number of carboxylic acids is 1. The molecule has 0 saturated heterocycles. The van der Waals surface area contributed by atoms with Gasteiger partial charge in [0.15, 0.2) is 0 Å². The minimum Gasteiger partial charge on any atom is -0.489 e. The molecule has 1 heterocycles. The van der Waals surface area contributed by atoms with Crippen LogP contribution in [0.25, 0.3) is 10.9 Å². The summed E-state index contributed by atoms with van der Waals surface area (Å²) in [4.78, 5) is 15.8. The SMILES string of the molecule is CC(C)NC(C)(COc1cccc2cccnc12)C(=O)O. The first-order chi connectivity index (χ1) is 9.92. The van der Waals surface area contributed by atoms with Gasteiger partial charge >= 0.3 is 5.97 Å². The predicted molar refractivity (Wildman–Crippen MR) is 81.6 cm³/mol. The molecule has 112 valence electrons. The number of nitrogens with one attached hydrogen (secondary N) is 1. The number of aliphatic carboxylic acids is 1. The molecule has 0 amide bonds. The van der Waals surface area contributed by atoms with E-state index in [0.29, 0.717) is 5.75 Å². The zero-order valence-electron chi connectivity index (χ0n) is 12.5. The van der Waals surface area contributed by atoms with Crippen molar-refractivity contribution in [3.63, 3.8) is 0 Å². The Morgan fingerprint density at radius 3 is 2.76 bits per heavy atom. The van der Waals surface area contributed by atoms with E-state index < -0.39 is 11.5 Å². The first-order valence-electron chi connectivity index (χ1n) is 6.90. The van der Waals surface area contributed by atoms with Crippen LogP contribution in [-0.4, -0.2) is 34.2 Å². The lowest BCUT2D eigenvalue weighted by molar-refractivity contribution is -0.145. The van der Waals surface area contributed by atoms with E-state index in [1.54, 1.807) is 19.2 Å². The van der Waals surface area contributed by atoms with Crippen molar-refractivity contribution in [2.24, 2.45) is 0 Å². The summed E-state index contributed by atoms with van der Waals surface area (Å²) in [5.74, 6) is -0.351. The molecule has 2 rings (SSSR count). The molecule has 5 nitrogen and oxygen atoms in total. The highest BCUT2D eigenvalue weighted by Crippen LogP contribution is 2.24. The fraction of sp³-hybridized carbons (Fsp3) is 0.375. The quantitative estimate of drug-likeness (QED) is 0.854. The Labute approximate surface area is 124 Å². The number of para-hydroxylation sites is 1. The monoisotopic (exact) mass is 288 g/mol. The number of carbonyl (C=O) groups is 1. The molecule has 1 unspecified atom stereocenters. The highest BCUT2D eigenvalue weighted by molar-refractivity contribution is 5.84. The third-order valence-corrected chi connectivity index (χ3v) is 3.19. The van der Waals surface area contributed by atoms with E-state index in [-0.39, 0.29) is 12.6 Å². The number of hydrogen-bond acceptors (Lipinski definition) is 4. The van der Waals surface area contributed by atoms with Crippen LogP contribution in [0.3, 0.4) is 0 Å². The van der Waals surface area contributed by atoms with E-state index in [4.69, 9.17) is 4.74 Å². The molecule has 1 atom stereocenters. The van der Waals surface area contributed by atoms with E-state index in [2.05, 4.69) is 10.3 Å². The summed E-state index contributed by atoms with van der Waals surface area (Å²) in [6.07, 6.45) is 1.69. The van der Waals surface area contributed by atoms with Gasteiger partial charge in [-0.1, -0.05) is 18.2 Å². The smallest absolute Gasteiger partial charge is 0.327 e. The predicted octanol–water partition coefficient (Wildman–Crippen LogP) is 2.45. The van der Waals surface area contributed by atoms with Crippen molar-refractivity contribution < 1.29 is 14.6 Å². The van der Waals surface area contributed by atoms with Crippen LogP contribution in [0.2, 0.25) is 0 Å². The average Bonchev–Trinajstić information content (AvgIpc) is 2.44. The van der Waals surface area contributed by atoms with Gasteiger partial charge in [-0.15, -0.1) is 0 Å². The summed E-state index contributed by atoms with van der Waals surface area (Å²) in [6, 6.07) is 9.45. The molecule has 0 aliphatic carbocycles. The Kier molecular flexibility index (Phi) is 4.43. The number of benzene rings is 1. The third kappa shape index (κ3) is 3.49. The van der Waals surface area contributed by atoms with Gasteiger partial charge in [-0.25, -0.2) is 0 Å². The summed E-state index contributed by atoms with van der Waals surface area (Å²) < 4.78 is 5.74. The van der Waals surface area contributed by atoms with E-state index in [0.717, 1.165) is 10.9 Å². The van der Waals surface area contributed by atoms with Crippen molar-refractivity contribution in [2.45, 2.75) is 32.4 Å². The van der Waals surface area contributed by atoms with Crippen molar-refractivity contribution >= 4 is 16.9 Å². The van der Waals surface area contributed by atoms with Gasteiger partial charge < -0.3 is 9.84 Å². The minimum absolute atomic E-state index is 0.0240. The maximum absolute atomic E-state index is 11.5. The molecule has 1 aromatic heterocycles. The van der Waals surface area contributed by atoms with Gasteiger partial charge in [0.25, 0.3) is 0 Å². The Morgan fingerprint density at radius 2 is 2.10 bits per heavy atom. The zero-order valence-corrected chi connectivity index (χ0v) is 12.5. The highest BCUT2D eigenvalue weighted by Gasteiger charge is 2.34. The number of rotatable bonds is 6. The number of carboxylic acid groups (broad SMARTS) is 1. The normalized spacial score (nSPS) is 14.1. The lowest BCUT2D eigenvalue weighted by Crippen LogP contribution is -2.56. The van der Waals surface area contributed by atoms with Crippen molar-refractivity contribution in [2.75, 3.05) is 6.61 Å². The highest BCUT2D eigenvalue weighted by atomic mass is 16.5. The second-order valence-electron chi connectivity index (χ2n) is 5.56. The summed E-state index contributed by atoms with van der Waals surface area (Å²) in [5, 5.41) is 13.4. The number of nitrogens with zero attached hydrogens (tertiary/aromatic N) is 1. The van der Waals surface area contributed by atoms with Gasteiger partial charge in [-0.2, -0.15) is 0 Å². The first-order valence-corrected chi connectivity index (χ1v) is 6.90. The maximum Gasteiger partial charge on any atom is 0.327 e. The standard InChI is InChI=1S/C16H20N2O3/c1-11(2)18-16(3,15(19)20)10-21-13-8-4-6-12-7-5-9-17-14(12)13/h4-9,11,18H,10H2,1-3H3,(H,19,20). The summed E-state index contributed by atoms with van der Waals surface area (Å²) >= 11 is 0. The fourth-order valence-electron chi connectivity index (χ4n) is 2.22. The van der Waals surface area contributed by atoms with Crippen LogP contribution in [0.15, 0.2) is 36.5 Å². The molecule has 0 bridgehead atoms. The Balaban J connectivity index is 2.22. The first kappa shape index (κ1) is 15.3. The molecule has 1 aromatic carbocycles. The lowest BCUT2D eigenvalue weighted by atomic mass is 10.0. The molecule has 0 radical (unpaired) electrons. The van der Waals surface area contributed by atoms with Gasteiger partial charge in [-0.05, 0) is 32.9 Å². The summed E-state index contributed by atoms with van der Waals surface area (Å²) in [7, 11) is 0. The van der Waals surface area contributed by atoms with E-state index in [1.165, 1.54) is 0 Å². The third-order valence-electron chi connectivity index (χ3n) is 3.19. The number of ether oxygens (including phenoxy) is 1. The number of pyridine rings is 1. The second kappa shape index (κ2) is 6.10. The molecule has 2 N–H and O–H groups in total. The van der Waals surface area contributed by atoms with Gasteiger partial charge in [0, 0.05) is 17.6 Å². The van der Waals surface area contributed by atoms with Crippen molar-refractivity contribution in [1.29, 1.82) is 0 Å². The zero-order chi connectivity index (χ0) is 15.5. The topological polar surface area (TPSA) is 71.5 Å². The molecule has 0 spiro atoms. The molecule has 0 aliphatic heterocycles. The van der Waals surface area contributed by atoms with Gasteiger partial charge in [-0.3, -0.25) is 15.1 Å². The second-order valence-corrected chi connectivity index (χ2v) is 5.56. The number of fused-ring (bicyclic) bond motifs is 1. The molecule has 0 fully saturated rings. The maximum atomic E-state index is 11.5. The molecular weight excluding hydrogens is 268 g/mol. The molecule has 2 aromatic rings. The van der Waals surface area contributed by atoms with E-state index in [9.17, 15) is 9.90 Å². The Bertz CT molecular complexity index is 637. The number of aromatic nitrogens is 1. The molecule has 21 heavy (non-hydrogen) atoms. The van der Waals surface area contributed by atoms with Crippen LogP contribution >= 0.6 is 0 Å². The van der Waals surface area contributed by atoms with Crippen LogP contribution in [0, 0.1) is 0 Å². The van der Waals surface area contributed by atoms with Gasteiger partial charge in [0.05, 0.1) is 0 Å². The van der Waals surface area contributed by atoms with Crippen LogP contribution in [0.4, 0.5) is 0 Å². The van der Waals surface area contributed by atoms with Crippen molar-refractivity contribution in [1.82, 2.24) is 10.3 Å². The summed E-state index contributed by atoms with van der Waals surface area (Å²) in [5.41, 5.74) is -0.414. The Morgan fingerprint density at radius 1 is 1.38 bits per heavy atom.